The Morgan fingerprint density at radius 3 is 2.56 bits per heavy atom. The fourth-order valence-electron chi connectivity index (χ4n) is 3.62. The summed E-state index contributed by atoms with van der Waals surface area (Å²) in [4.78, 5) is 41.6. The third kappa shape index (κ3) is 5.38. The summed E-state index contributed by atoms with van der Waals surface area (Å²) in [5.74, 6) is 0.745. The molecule has 0 unspecified atom stereocenters. The van der Waals surface area contributed by atoms with Gasteiger partial charge in [0.2, 0.25) is 0 Å². The summed E-state index contributed by atoms with van der Waals surface area (Å²) in [5, 5.41) is 14.8. The summed E-state index contributed by atoms with van der Waals surface area (Å²) in [6.45, 7) is 3.74. The van der Waals surface area contributed by atoms with Gasteiger partial charge in [-0.1, -0.05) is 23.9 Å². The topological polar surface area (TPSA) is 116 Å². The lowest BCUT2D eigenvalue weighted by atomic mass is 10.1. The van der Waals surface area contributed by atoms with E-state index in [-0.39, 0.29) is 23.2 Å². The maximum Gasteiger partial charge on any atom is 0.269 e. The molecule has 0 fully saturated rings. The molecule has 10 heteroatoms. The molecule has 1 heterocycles. The Labute approximate surface area is 211 Å². The first-order valence-corrected chi connectivity index (χ1v) is 12.1. The van der Waals surface area contributed by atoms with Crippen LogP contribution in [0.15, 0.2) is 76.7 Å². The predicted molar refractivity (Wildman–Crippen MR) is 139 cm³/mol. The molecule has 0 atom stereocenters. The van der Waals surface area contributed by atoms with Gasteiger partial charge in [-0.05, 0) is 61.9 Å². The van der Waals surface area contributed by atoms with Crippen LogP contribution in [0.25, 0.3) is 16.6 Å². The van der Waals surface area contributed by atoms with Crippen LogP contribution in [-0.2, 0) is 5.75 Å². The van der Waals surface area contributed by atoms with Crippen LogP contribution >= 0.6 is 11.8 Å². The first-order valence-electron chi connectivity index (χ1n) is 11.1. The Kier molecular flexibility index (Phi) is 7.35. The lowest BCUT2D eigenvalue weighted by Crippen LogP contribution is -2.30. The maximum absolute atomic E-state index is 13.6. The SMILES string of the molecule is COc1ccc(-n2c(SCc3cccc([N+](=O)[O-])c3)nc3cc(C(=O)NC(C)C)ccc3c2=O)cc1. The molecular weight excluding hydrogens is 480 g/mol. The van der Waals surface area contributed by atoms with E-state index in [0.29, 0.717) is 38.8 Å². The predicted octanol–water partition coefficient (Wildman–Crippen LogP) is 4.73. The van der Waals surface area contributed by atoms with Crippen molar-refractivity contribution in [2.24, 2.45) is 0 Å². The number of thioether (sulfide) groups is 1. The van der Waals surface area contributed by atoms with Gasteiger partial charge in [-0.2, -0.15) is 0 Å². The number of nitrogens with one attached hydrogen (secondary N) is 1. The van der Waals surface area contributed by atoms with Crippen LogP contribution in [0.5, 0.6) is 5.75 Å². The Hall–Kier alpha value is -4.18. The first kappa shape index (κ1) is 24.9. The quantitative estimate of drug-likeness (QED) is 0.160. The summed E-state index contributed by atoms with van der Waals surface area (Å²) in [6.07, 6.45) is 0. The van der Waals surface area contributed by atoms with Gasteiger partial charge in [0.25, 0.3) is 17.2 Å². The highest BCUT2D eigenvalue weighted by Gasteiger charge is 2.17. The van der Waals surface area contributed by atoms with Crippen LogP contribution < -0.4 is 15.6 Å². The minimum Gasteiger partial charge on any atom is -0.497 e. The number of carbonyl (C=O) groups excluding carboxylic acids is 1. The third-order valence-corrected chi connectivity index (χ3v) is 6.35. The second-order valence-electron chi connectivity index (χ2n) is 8.31. The lowest BCUT2D eigenvalue weighted by Gasteiger charge is -2.14. The van der Waals surface area contributed by atoms with Gasteiger partial charge in [0.05, 0.1) is 28.6 Å². The zero-order valence-electron chi connectivity index (χ0n) is 19.9. The van der Waals surface area contributed by atoms with Gasteiger partial charge >= 0.3 is 0 Å². The van der Waals surface area contributed by atoms with Gasteiger partial charge in [0.15, 0.2) is 5.16 Å². The number of non-ortho nitro benzene ring substituents is 1. The van der Waals surface area contributed by atoms with Crippen molar-refractivity contribution in [1.82, 2.24) is 14.9 Å². The number of hydrogen-bond donors (Lipinski definition) is 1. The van der Waals surface area contributed by atoms with Gasteiger partial charge in [-0.25, -0.2) is 4.98 Å². The second-order valence-corrected chi connectivity index (χ2v) is 9.25. The van der Waals surface area contributed by atoms with Crippen molar-refractivity contribution in [2.45, 2.75) is 30.8 Å². The van der Waals surface area contributed by atoms with Crippen LogP contribution in [0.4, 0.5) is 5.69 Å². The van der Waals surface area contributed by atoms with E-state index >= 15 is 0 Å². The molecule has 1 N–H and O–H groups in total. The summed E-state index contributed by atoms with van der Waals surface area (Å²) >= 11 is 1.28. The van der Waals surface area contributed by atoms with Crippen LogP contribution in [-0.4, -0.2) is 33.5 Å². The van der Waals surface area contributed by atoms with E-state index in [2.05, 4.69) is 5.32 Å². The fraction of sp³-hybridized carbons (Fsp3) is 0.192. The Morgan fingerprint density at radius 1 is 1.14 bits per heavy atom. The molecule has 0 aliphatic carbocycles. The van der Waals surface area contributed by atoms with Gasteiger partial charge < -0.3 is 10.1 Å². The van der Waals surface area contributed by atoms with E-state index in [0.717, 1.165) is 5.56 Å². The Balaban J connectivity index is 1.81. The number of rotatable bonds is 8. The minimum atomic E-state index is -0.445. The average Bonchev–Trinajstić information content (AvgIpc) is 2.87. The molecule has 9 nitrogen and oxygen atoms in total. The smallest absolute Gasteiger partial charge is 0.269 e. The molecular formula is C26H24N4O5S. The molecule has 184 valence electrons. The van der Waals surface area contributed by atoms with E-state index in [9.17, 15) is 19.7 Å². The number of nitro benzene ring substituents is 1. The highest BCUT2D eigenvalue weighted by molar-refractivity contribution is 7.98. The molecule has 0 aliphatic rings. The Bertz CT molecular complexity index is 1500. The molecule has 0 saturated heterocycles. The maximum atomic E-state index is 13.6. The van der Waals surface area contributed by atoms with E-state index in [1.807, 2.05) is 13.8 Å². The molecule has 1 aromatic heterocycles. The number of ether oxygens (including phenoxy) is 1. The number of nitro groups is 1. The highest BCUT2D eigenvalue weighted by atomic mass is 32.2. The summed E-state index contributed by atoms with van der Waals surface area (Å²) in [5.41, 5.74) is 1.81. The lowest BCUT2D eigenvalue weighted by molar-refractivity contribution is -0.384. The van der Waals surface area contributed by atoms with Crippen LogP contribution in [0.2, 0.25) is 0 Å². The average molecular weight is 505 g/mol. The van der Waals surface area contributed by atoms with Gasteiger partial charge in [0.1, 0.15) is 5.75 Å². The molecule has 1 amide bonds. The van der Waals surface area contributed by atoms with Crippen LogP contribution in [0.1, 0.15) is 29.8 Å². The van der Waals surface area contributed by atoms with E-state index in [1.165, 1.54) is 28.5 Å². The van der Waals surface area contributed by atoms with Gasteiger partial charge in [-0.3, -0.25) is 24.3 Å². The summed E-state index contributed by atoms with van der Waals surface area (Å²) in [7, 11) is 1.56. The van der Waals surface area contributed by atoms with E-state index in [4.69, 9.17) is 9.72 Å². The number of benzene rings is 3. The van der Waals surface area contributed by atoms with Crippen molar-refractivity contribution in [3.63, 3.8) is 0 Å². The minimum absolute atomic E-state index is 0.00655. The summed E-state index contributed by atoms with van der Waals surface area (Å²) in [6, 6.07) is 18.1. The fourth-order valence-corrected chi connectivity index (χ4v) is 4.57. The number of carbonyl (C=O) groups is 1. The molecule has 0 radical (unpaired) electrons. The number of hydrogen-bond acceptors (Lipinski definition) is 7. The second kappa shape index (κ2) is 10.6. The molecule has 4 rings (SSSR count). The number of nitrogens with zero attached hydrogens (tertiary/aromatic N) is 3. The van der Waals surface area contributed by atoms with Crippen molar-refractivity contribution in [3.8, 4) is 11.4 Å². The molecule has 0 saturated carbocycles. The standard InChI is InChI=1S/C26H24N4O5S/c1-16(2)27-24(31)18-7-12-22-23(14-18)28-26(36-15-17-5-4-6-20(13-17)30(33)34)29(25(22)32)19-8-10-21(35-3)11-9-19/h4-14,16H,15H2,1-3H3,(H,27,31). The van der Waals surface area contributed by atoms with E-state index in [1.54, 1.807) is 61.7 Å². The van der Waals surface area contributed by atoms with Crippen molar-refractivity contribution in [1.29, 1.82) is 0 Å². The number of methoxy groups -OCH3 is 1. The molecule has 36 heavy (non-hydrogen) atoms. The van der Waals surface area contributed by atoms with Crippen LogP contribution in [0, 0.1) is 10.1 Å². The van der Waals surface area contributed by atoms with Crippen molar-refractivity contribution in [3.05, 3.63) is 98.3 Å². The molecule has 0 spiro atoms. The zero-order chi connectivity index (χ0) is 25.8. The van der Waals surface area contributed by atoms with Crippen molar-refractivity contribution in [2.75, 3.05) is 7.11 Å². The number of amides is 1. The van der Waals surface area contributed by atoms with Crippen molar-refractivity contribution < 1.29 is 14.5 Å². The Morgan fingerprint density at radius 2 is 1.89 bits per heavy atom. The van der Waals surface area contributed by atoms with Crippen molar-refractivity contribution >= 4 is 34.3 Å². The monoisotopic (exact) mass is 504 g/mol. The zero-order valence-corrected chi connectivity index (χ0v) is 20.7. The number of fused-ring (bicyclic) bond motifs is 1. The van der Waals surface area contributed by atoms with E-state index < -0.39 is 4.92 Å². The van der Waals surface area contributed by atoms with Crippen LogP contribution in [0.3, 0.4) is 0 Å². The molecule has 3 aromatic carbocycles. The van der Waals surface area contributed by atoms with Gasteiger partial charge in [0, 0.05) is 29.5 Å². The molecule has 4 aromatic rings. The normalized spacial score (nSPS) is 11.0. The third-order valence-electron chi connectivity index (χ3n) is 5.34. The first-order chi connectivity index (χ1) is 17.3. The largest absolute Gasteiger partial charge is 0.497 e. The molecule has 0 bridgehead atoms. The van der Waals surface area contributed by atoms with Gasteiger partial charge in [-0.15, -0.1) is 0 Å². The summed E-state index contributed by atoms with van der Waals surface area (Å²) < 4.78 is 6.73. The number of aromatic nitrogens is 2. The highest BCUT2D eigenvalue weighted by Crippen LogP contribution is 2.27. The molecule has 0 aliphatic heterocycles.